The summed E-state index contributed by atoms with van der Waals surface area (Å²) in [4.78, 5) is 5.60. The monoisotopic (exact) mass is 399 g/mol. The standard InChI is InChI=1S/C18H17N5O2S2/c1-11-13(20-17(25-11)15-8-5-9-26-15)10-27-18-22-21-16(23(18)19)12-6-3-4-7-14(12)24-2/h3-9H,10,19H2,1-2H3. The normalized spacial score (nSPS) is 11.0. The number of thiophene rings is 1. The Morgan fingerprint density at radius 1 is 1.22 bits per heavy atom. The first-order valence-electron chi connectivity index (χ1n) is 8.14. The maximum absolute atomic E-state index is 6.22. The largest absolute Gasteiger partial charge is 0.496 e. The first-order chi connectivity index (χ1) is 13.2. The molecule has 0 aliphatic rings. The highest BCUT2D eigenvalue weighted by Crippen LogP contribution is 2.32. The van der Waals surface area contributed by atoms with Gasteiger partial charge in [0.25, 0.3) is 0 Å². The van der Waals surface area contributed by atoms with Crippen molar-refractivity contribution in [1.29, 1.82) is 0 Å². The Balaban J connectivity index is 1.54. The lowest BCUT2D eigenvalue weighted by Crippen LogP contribution is -2.12. The number of ether oxygens (including phenoxy) is 1. The number of hydrogen-bond acceptors (Lipinski definition) is 8. The molecule has 0 radical (unpaired) electrons. The Hall–Kier alpha value is -2.78. The molecule has 0 amide bonds. The minimum Gasteiger partial charge on any atom is -0.496 e. The molecule has 27 heavy (non-hydrogen) atoms. The van der Waals surface area contributed by atoms with Gasteiger partial charge in [-0.3, -0.25) is 0 Å². The van der Waals surface area contributed by atoms with Gasteiger partial charge in [-0.1, -0.05) is 30.0 Å². The molecule has 0 unspecified atom stereocenters. The minimum absolute atomic E-state index is 0.547. The Labute approximate surface area is 164 Å². The third kappa shape index (κ3) is 3.43. The molecule has 2 N–H and O–H groups in total. The fourth-order valence-corrected chi connectivity index (χ4v) is 4.10. The molecule has 0 spiro atoms. The van der Waals surface area contributed by atoms with Crippen molar-refractivity contribution >= 4 is 23.1 Å². The number of hydrogen-bond donors (Lipinski definition) is 1. The zero-order valence-electron chi connectivity index (χ0n) is 14.7. The van der Waals surface area contributed by atoms with Gasteiger partial charge in [-0.05, 0) is 30.5 Å². The van der Waals surface area contributed by atoms with E-state index in [1.165, 1.54) is 16.4 Å². The Morgan fingerprint density at radius 2 is 2.07 bits per heavy atom. The average Bonchev–Trinajstić information content (AvgIpc) is 3.41. The van der Waals surface area contributed by atoms with E-state index in [0.29, 0.717) is 28.4 Å². The van der Waals surface area contributed by atoms with Crippen LogP contribution in [0.4, 0.5) is 0 Å². The minimum atomic E-state index is 0.547. The highest BCUT2D eigenvalue weighted by molar-refractivity contribution is 7.98. The summed E-state index contributed by atoms with van der Waals surface area (Å²) in [6.07, 6.45) is 0. The summed E-state index contributed by atoms with van der Waals surface area (Å²) < 4.78 is 12.6. The van der Waals surface area contributed by atoms with Crippen LogP contribution in [0, 0.1) is 6.92 Å². The first-order valence-corrected chi connectivity index (χ1v) is 10.0. The van der Waals surface area contributed by atoms with Crippen molar-refractivity contribution in [2.75, 3.05) is 13.0 Å². The number of nitrogen functional groups attached to an aromatic ring is 1. The number of methoxy groups -OCH3 is 1. The number of aromatic nitrogens is 4. The van der Waals surface area contributed by atoms with E-state index < -0.39 is 0 Å². The smallest absolute Gasteiger partial charge is 0.236 e. The highest BCUT2D eigenvalue weighted by Gasteiger charge is 2.18. The summed E-state index contributed by atoms with van der Waals surface area (Å²) >= 11 is 3.06. The van der Waals surface area contributed by atoms with E-state index in [2.05, 4.69) is 15.2 Å². The average molecular weight is 400 g/mol. The summed E-state index contributed by atoms with van der Waals surface area (Å²) in [5.41, 5.74) is 1.66. The quantitative estimate of drug-likeness (QED) is 0.387. The number of oxazole rings is 1. The Kier molecular flexibility index (Phi) is 4.87. The summed E-state index contributed by atoms with van der Waals surface area (Å²) in [7, 11) is 1.62. The van der Waals surface area contributed by atoms with E-state index in [-0.39, 0.29) is 0 Å². The lowest BCUT2D eigenvalue weighted by atomic mass is 10.2. The van der Waals surface area contributed by atoms with Crippen LogP contribution in [0.2, 0.25) is 0 Å². The van der Waals surface area contributed by atoms with Crippen molar-refractivity contribution in [3.8, 4) is 27.9 Å². The van der Waals surface area contributed by atoms with Gasteiger partial charge in [-0.25, -0.2) is 9.66 Å². The number of nitrogens with two attached hydrogens (primary N) is 1. The van der Waals surface area contributed by atoms with E-state index in [9.17, 15) is 0 Å². The summed E-state index contributed by atoms with van der Waals surface area (Å²) in [6.45, 7) is 1.91. The van der Waals surface area contributed by atoms with Crippen molar-refractivity contribution in [2.45, 2.75) is 17.8 Å². The molecule has 9 heteroatoms. The van der Waals surface area contributed by atoms with Crippen LogP contribution in [0.3, 0.4) is 0 Å². The van der Waals surface area contributed by atoms with Crippen LogP contribution in [-0.2, 0) is 5.75 Å². The van der Waals surface area contributed by atoms with Gasteiger partial charge < -0.3 is 15.0 Å². The van der Waals surface area contributed by atoms with Gasteiger partial charge in [0.15, 0.2) is 5.82 Å². The fourth-order valence-electron chi connectivity index (χ4n) is 2.59. The SMILES string of the molecule is COc1ccccc1-c1nnc(SCc2nc(-c3cccs3)oc2C)n1N. The fraction of sp³-hybridized carbons (Fsp3) is 0.167. The predicted octanol–water partition coefficient (Wildman–Crippen LogP) is 3.98. The van der Waals surface area contributed by atoms with E-state index in [1.54, 1.807) is 18.4 Å². The van der Waals surface area contributed by atoms with Crippen molar-refractivity contribution < 1.29 is 9.15 Å². The van der Waals surface area contributed by atoms with Crippen molar-refractivity contribution in [3.05, 3.63) is 53.2 Å². The molecule has 4 aromatic rings. The molecular formula is C18H17N5O2S2. The van der Waals surface area contributed by atoms with Crippen LogP contribution >= 0.6 is 23.1 Å². The molecule has 0 aliphatic heterocycles. The molecule has 4 rings (SSSR count). The molecule has 0 saturated carbocycles. The molecule has 0 saturated heterocycles. The second-order valence-electron chi connectivity index (χ2n) is 5.66. The summed E-state index contributed by atoms with van der Waals surface area (Å²) in [6, 6.07) is 11.5. The van der Waals surface area contributed by atoms with Gasteiger partial charge >= 0.3 is 0 Å². The van der Waals surface area contributed by atoms with Crippen molar-refractivity contribution in [1.82, 2.24) is 19.9 Å². The molecule has 3 heterocycles. The second kappa shape index (κ2) is 7.45. The maximum atomic E-state index is 6.22. The summed E-state index contributed by atoms with van der Waals surface area (Å²) in [5, 5.41) is 11.0. The highest BCUT2D eigenvalue weighted by atomic mass is 32.2. The van der Waals surface area contributed by atoms with Crippen LogP contribution in [0.1, 0.15) is 11.5 Å². The first kappa shape index (κ1) is 17.6. The van der Waals surface area contributed by atoms with Gasteiger partial charge in [0.05, 0.1) is 23.2 Å². The van der Waals surface area contributed by atoms with E-state index in [4.69, 9.17) is 15.0 Å². The molecule has 0 fully saturated rings. The molecule has 0 bridgehead atoms. The zero-order valence-corrected chi connectivity index (χ0v) is 16.4. The number of benzene rings is 1. The number of para-hydroxylation sites is 1. The molecule has 138 valence electrons. The van der Waals surface area contributed by atoms with Gasteiger partial charge in [-0.15, -0.1) is 21.5 Å². The third-order valence-electron chi connectivity index (χ3n) is 3.98. The number of rotatable bonds is 6. The number of aryl methyl sites for hydroxylation is 1. The molecule has 3 aromatic heterocycles. The van der Waals surface area contributed by atoms with E-state index in [1.807, 2.05) is 48.7 Å². The van der Waals surface area contributed by atoms with Gasteiger partial charge in [0.1, 0.15) is 11.5 Å². The lowest BCUT2D eigenvalue weighted by Gasteiger charge is -2.07. The van der Waals surface area contributed by atoms with Gasteiger partial charge in [0.2, 0.25) is 11.0 Å². The molecule has 0 atom stereocenters. The number of thioether (sulfide) groups is 1. The molecular weight excluding hydrogens is 382 g/mol. The van der Waals surface area contributed by atoms with Gasteiger partial charge in [0, 0.05) is 5.75 Å². The topological polar surface area (TPSA) is 92.0 Å². The maximum Gasteiger partial charge on any atom is 0.236 e. The predicted molar refractivity (Wildman–Crippen MR) is 106 cm³/mol. The molecule has 7 nitrogen and oxygen atoms in total. The van der Waals surface area contributed by atoms with Crippen LogP contribution in [0.5, 0.6) is 5.75 Å². The Morgan fingerprint density at radius 3 is 2.85 bits per heavy atom. The Bertz CT molecular complexity index is 1060. The summed E-state index contributed by atoms with van der Waals surface area (Å²) in [5.74, 6) is 9.48. The molecule has 1 aromatic carbocycles. The van der Waals surface area contributed by atoms with Crippen LogP contribution in [0.25, 0.3) is 22.2 Å². The third-order valence-corrected chi connectivity index (χ3v) is 5.79. The van der Waals surface area contributed by atoms with Crippen LogP contribution in [-0.4, -0.2) is 27.0 Å². The number of nitrogens with zero attached hydrogens (tertiary/aromatic N) is 4. The van der Waals surface area contributed by atoms with E-state index >= 15 is 0 Å². The van der Waals surface area contributed by atoms with Crippen LogP contribution in [0.15, 0.2) is 51.4 Å². The lowest BCUT2D eigenvalue weighted by molar-refractivity contribution is 0.416. The van der Waals surface area contributed by atoms with E-state index in [0.717, 1.165) is 21.9 Å². The van der Waals surface area contributed by atoms with Crippen molar-refractivity contribution in [3.63, 3.8) is 0 Å². The zero-order chi connectivity index (χ0) is 18.8. The second-order valence-corrected chi connectivity index (χ2v) is 7.55. The van der Waals surface area contributed by atoms with Crippen molar-refractivity contribution in [2.24, 2.45) is 0 Å². The molecule has 0 aliphatic carbocycles. The van der Waals surface area contributed by atoms with Crippen LogP contribution < -0.4 is 10.6 Å². The van der Waals surface area contributed by atoms with Gasteiger partial charge in [-0.2, -0.15) is 0 Å².